The Balaban J connectivity index is 0. The summed E-state index contributed by atoms with van der Waals surface area (Å²) in [5.41, 5.74) is 0. The molecule has 0 saturated heterocycles. The van der Waals surface area contributed by atoms with E-state index < -0.39 is 10.4 Å². The van der Waals surface area contributed by atoms with E-state index in [0.29, 0.717) is 12.5 Å². The third kappa shape index (κ3) is 30.3. The van der Waals surface area contributed by atoms with E-state index in [2.05, 4.69) is 20.8 Å². The Morgan fingerprint density at radius 3 is 1.52 bits per heavy atom. The summed E-state index contributed by atoms with van der Waals surface area (Å²) in [4.78, 5) is 0. The molecule has 2 atom stereocenters. The molecule has 0 fully saturated rings. The van der Waals surface area contributed by atoms with Gasteiger partial charge in [0.25, 0.3) is 0 Å². The van der Waals surface area contributed by atoms with E-state index >= 15 is 0 Å². The molecule has 0 radical (unpaired) electrons. The highest BCUT2D eigenvalue weighted by Gasteiger charge is 2.02. The van der Waals surface area contributed by atoms with Crippen LogP contribution in [0.5, 0.6) is 0 Å². The monoisotopic (exact) mass is 352 g/mol. The van der Waals surface area contributed by atoms with Crippen LogP contribution in [0.4, 0.5) is 0 Å². The van der Waals surface area contributed by atoms with E-state index in [0.717, 1.165) is 5.92 Å². The van der Waals surface area contributed by atoms with Crippen molar-refractivity contribution >= 4 is 10.4 Å². The molecular weight excluding hydrogens is 316 g/mol. The van der Waals surface area contributed by atoms with Crippen molar-refractivity contribution < 1.29 is 22.6 Å². The van der Waals surface area contributed by atoms with Gasteiger partial charge in [-0.05, 0) is 18.3 Å². The summed E-state index contributed by atoms with van der Waals surface area (Å²) in [5, 5.41) is 8.93. The van der Waals surface area contributed by atoms with Gasteiger partial charge in [0.05, 0.1) is 0 Å². The van der Waals surface area contributed by atoms with Gasteiger partial charge >= 0.3 is 0 Å². The average molecular weight is 353 g/mol. The van der Waals surface area contributed by atoms with Crippen LogP contribution in [0, 0.1) is 11.8 Å². The van der Waals surface area contributed by atoms with Gasteiger partial charge in [0.2, 0.25) is 0 Å². The lowest BCUT2D eigenvalue weighted by atomic mass is 9.96. The first kappa shape index (κ1) is 25.1. The molecule has 0 aromatic carbocycles. The van der Waals surface area contributed by atoms with E-state index in [-0.39, 0.29) is 0 Å². The maximum atomic E-state index is 8.93. The normalized spacial score (nSPS) is 14.0. The van der Waals surface area contributed by atoms with Crippen molar-refractivity contribution in [3.05, 3.63) is 0 Å². The zero-order valence-electron chi connectivity index (χ0n) is 15.1. The molecule has 142 valence electrons. The van der Waals surface area contributed by atoms with Gasteiger partial charge in [-0.1, -0.05) is 85.0 Å². The number of hydrogen-bond acceptors (Lipinski definition) is 5. The topological polar surface area (TPSA) is 100 Å². The maximum absolute atomic E-state index is 8.93. The molecule has 0 spiro atoms. The molecule has 6 heteroatoms. The number of hydrogen-bond donors (Lipinski definition) is 1. The Morgan fingerprint density at radius 1 is 0.783 bits per heavy atom. The smallest absolute Gasteiger partial charge is 0.0456 e. The van der Waals surface area contributed by atoms with Gasteiger partial charge in [0, 0.05) is 17.0 Å². The summed E-state index contributed by atoms with van der Waals surface area (Å²) in [6.07, 6.45) is 15.1. The third-order valence-corrected chi connectivity index (χ3v) is 4.01. The first-order valence-corrected chi connectivity index (χ1v) is 10.3. The molecular formula is C17H36O5S-2. The number of aliphatic hydroxyl groups is 1. The van der Waals surface area contributed by atoms with Gasteiger partial charge in [0.15, 0.2) is 0 Å². The van der Waals surface area contributed by atoms with E-state index in [1.165, 1.54) is 70.6 Å². The Hall–Kier alpha value is -0.170. The molecule has 0 aliphatic carbocycles. The van der Waals surface area contributed by atoms with E-state index in [4.69, 9.17) is 22.6 Å². The summed E-state index contributed by atoms with van der Waals surface area (Å²) < 4.78 is 34.1. The number of unbranched alkanes of at least 4 members (excludes halogenated alkanes) is 6. The highest BCUT2D eigenvalue weighted by Crippen LogP contribution is 2.18. The highest BCUT2D eigenvalue weighted by molar-refractivity contribution is 7.79. The number of aliphatic hydroxyl groups excluding tert-OH is 1. The zero-order valence-corrected chi connectivity index (χ0v) is 15.9. The SMILES string of the molecule is CCCCCC(C)CCCCCCCC(C)CO.O=S(=O)([O-])[O-]. The predicted molar refractivity (Wildman–Crippen MR) is 92.3 cm³/mol. The molecule has 0 amide bonds. The first-order chi connectivity index (χ1) is 10.7. The lowest BCUT2D eigenvalue weighted by molar-refractivity contribution is 0.227. The van der Waals surface area contributed by atoms with Gasteiger partial charge in [0.1, 0.15) is 0 Å². The van der Waals surface area contributed by atoms with Gasteiger partial charge in [-0.15, -0.1) is 0 Å². The minimum absolute atomic E-state index is 0.356. The van der Waals surface area contributed by atoms with Crippen molar-refractivity contribution in [3.63, 3.8) is 0 Å². The Bertz CT molecular complexity index is 322. The highest BCUT2D eigenvalue weighted by atomic mass is 32.3. The van der Waals surface area contributed by atoms with Crippen LogP contribution in [0.1, 0.15) is 91.4 Å². The Labute approximate surface area is 143 Å². The van der Waals surface area contributed by atoms with E-state index in [9.17, 15) is 0 Å². The largest absolute Gasteiger partial charge is 0.759 e. The second-order valence-electron chi connectivity index (χ2n) is 6.64. The average Bonchev–Trinajstić information content (AvgIpc) is 2.44. The summed E-state index contributed by atoms with van der Waals surface area (Å²) in [6, 6.07) is 0. The van der Waals surface area contributed by atoms with Crippen LogP contribution in [-0.4, -0.2) is 29.2 Å². The molecule has 0 aliphatic heterocycles. The molecule has 5 nitrogen and oxygen atoms in total. The van der Waals surface area contributed by atoms with Crippen LogP contribution in [0.3, 0.4) is 0 Å². The summed E-state index contributed by atoms with van der Waals surface area (Å²) >= 11 is 0. The molecule has 0 bridgehead atoms. The van der Waals surface area contributed by atoms with Crippen molar-refractivity contribution in [3.8, 4) is 0 Å². The molecule has 0 saturated carbocycles. The molecule has 0 heterocycles. The van der Waals surface area contributed by atoms with Crippen LogP contribution in [0.15, 0.2) is 0 Å². The van der Waals surface area contributed by atoms with E-state index in [1.54, 1.807) is 0 Å². The van der Waals surface area contributed by atoms with Crippen LogP contribution < -0.4 is 0 Å². The molecule has 0 aromatic rings. The standard InChI is InChI=1S/C17H36O.H2O4S/c1-4-5-9-12-16(2)13-10-7-6-8-11-14-17(3)15-18;1-5(2,3)4/h16-18H,4-15H2,1-3H3;(H2,1,2,3,4)/p-2. The fourth-order valence-electron chi connectivity index (χ4n) is 2.49. The lowest BCUT2D eigenvalue weighted by Gasteiger charge is -2.11. The van der Waals surface area contributed by atoms with Gasteiger partial charge in [-0.3, -0.25) is 8.42 Å². The summed E-state index contributed by atoms with van der Waals surface area (Å²) in [6.45, 7) is 7.19. The molecule has 0 aromatic heterocycles. The Morgan fingerprint density at radius 2 is 1.13 bits per heavy atom. The van der Waals surface area contributed by atoms with Crippen LogP contribution >= 0.6 is 0 Å². The van der Waals surface area contributed by atoms with Gasteiger partial charge in [-0.25, -0.2) is 0 Å². The van der Waals surface area contributed by atoms with Crippen LogP contribution in [0.25, 0.3) is 0 Å². The minimum atomic E-state index is -5.17. The van der Waals surface area contributed by atoms with E-state index in [1.807, 2.05) is 0 Å². The van der Waals surface area contributed by atoms with Crippen molar-refractivity contribution in [2.75, 3.05) is 6.61 Å². The molecule has 0 aliphatic rings. The summed E-state index contributed by atoms with van der Waals surface area (Å²) in [5.74, 6) is 1.44. The number of rotatable bonds is 13. The molecule has 2 unspecified atom stereocenters. The van der Waals surface area contributed by atoms with Crippen molar-refractivity contribution in [2.24, 2.45) is 11.8 Å². The quantitative estimate of drug-likeness (QED) is 0.304. The maximum Gasteiger partial charge on any atom is 0.0456 e. The third-order valence-electron chi connectivity index (χ3n) is 4.01. The van der Waals surface area contributed by atoms with Gasteiger partial charge < -0.3 is 14.2 Å². The van der Waals surface area contributed by atoms with Crippen molar-refractivity contribution in [1.82, 2.24) is 0 Å². The summed E-state index contributed by atoms with van der Waals surface area (Å²) in [7, 11) is -5.17. The van der Waals surface area contributed by atoms with Crippen LogP contribution in [0.2, 0.25) is 0 Å². The predicted octanol–water partition coefficient (Wildman–Crippen LogP) is 4.22. The minimum Gasteiger partial charge on any atom is -0.759 e. The fraction of sp³-hybridized carbons (Fsp3) is 1.00. The molecule has 23 heavy (non-hydrogen) atoms. The Kier molecular flexibility index (Phi) is 18.2. The first-order valence-electron chi connectivity index (χ1n) is 8.98. The van der Waals surface area contributed by atoms with Crippen molar-refractivity contribution in [1.29, 1.82) is 0 Å². The fourth-order valence-corrected chi connectivity index (χ4v) is 2.49. The van der Waals surface area contributed by atoms with Crippen LogP contribution in [-0.2, 0) is 10.4 Å². The van der Waals surface area contributed by atoms with Crippen molar-refractivity contribution in [2.45, 2.75) is 91.4 Å². The molecule has 0 rings (SSSR count). The second kappa shape index (κ2) is 16.7. The second-order valence-corrected chi connectivity index (χ2v) is 7.46. The zero-order chi connectivity index (χ0) is 18.1. The molecule has 1 N–H and O–H groups in total. The van der Waals surface area contributed by atoms with Gasteiger partial charge in [-0.2, -0.15) is 0 Å². The lowest BCUT2D eigenvalue weighted by Crippen LogP contribution is -1.99.